The van der Waals surface area contributed by atoms with Crippen LogP contribution in [0.4, 0.5) is 0 Å². The van der Waals surface area contributed by atoms with E-state index in [0.717, 1.165) is 31.4 Å². The van der Waals surface area contributed by atoms with Crippen molar-refractivity contribution in [3.05, 3.63) is 0 Å². The molecule has 0 aromatic heterocycles. The van der Waals surface area contributed by atoms with Crippen LogP contribution in [0.25, 0.3) is 0 Å². The lowest BCUT2D eigenvalue weighted by Crippen LogP contribution is -2.34. The number of rotatable bonds is 21. The van der Waals surface area contributed by atoms with E-state index in [1.807, 2.05) is 0 Å². The Bertz CT molecular complexity index is 833. The van der Waals surface area contributed by atoms with Crippen molar-refractivity contribution in [1.29, 1.82) is 0 Å². The maximum atomic E-state index is 12.5. The van der Waals surface area contributed by atoms with Gasteiger partial charge in [-0.2, -0.15) is 0 Å². The summed E-state index contributed by atoms with van der Waals surface area (Å²) in [6.45, 7) is 2.26. The summed E-state index contributed by atoms with van der Waals surface area (Å²) in [5.74, 6) is 0.512. The lowest BCUT2D eigenvalue weighted by molar-refractivity contribution is -0.139. The molecule has 222 valence electrons. The highest BCUT2D eigenvalue weighted by Crippen LogP contribution is 2.47. The molecule has 0 saturated carbocycles. The molecule has 0 aromatic carbocycles. The monoisotopic (exact) mass is 603 g/mol. The first kappa shape index (κ1) is 33.9. The van der Waals surface area contributed by atoms with E-state index in [1.54, 1.807) is 7.11 Å². The van der Waals surface area contributed by atoms with Crippen molar-refractivity contribution in [3.8, 4) is 0 Å². The van der Waals surface area contributed by atoms with Gasteiger partial charge < -0.3 is 42.1 Å². The smallest absolute Gasteiger partial charge is 0.248 e. The average molecular weight is 604 g/mol. The van der Waals surface area contributed by atoms with E-state index in [1.165, 1.54) is 23.8 Å². The van der Waals surface area contributed by atoms with Gasteiger partial charge in [-0.25, -0.2) is 0 Å². The minimum absolute atomic E-state index is 0.0201. The number of thioether (sulfide) groups is 1. The summed E-state index contributed by atoms with van der Waals surface area (Å²) in [5, 5.41) is -0.319. The van der Waals surface area contributed by atoms with Gasteiger partial charge in [-0.1, -0.05) is 12.8 Å². The largest absolute Gasteiger partial charge is 0.382 e. The Morgan fingerprint density at radius 3 is 2.53 bits per heavy atom. The standard InChI is InChI=1S/C23H43NO11P2S/c1-29-14-15-31-13-10-24-22(25)17-21(23(24)26)38-16-8-6-5-7-11-33-37(4,28)35-19-9-12-32-20(19)18-34-36(3,27)30-2/h19-21,27-28H,3-18H2,1-2H3. The molecule has 0 radical (unpaired) electrons. The molecule has 2 heterocycles. The normalized spacial score (nSPS) is 25.2. The maximum absolute atomic E-state index is 12.5. The number of methoxy groups -OCH3 is 1. The minimum Gasteiger partial charge on any atom is -0.382 e. The lowest BCUT2D eigenvalue weighted by Gasteiger charge is -2.26. The first-order chi connectivity index (χ1) is 18.1. The van der Waals surface area contributed by atoms with E-state index in [0.29, 0.717) is 39.5 Å². The van der Waals surface area contributed by atoms with Crippen LogP contribution in [0.3, 0.4) is 0 Å². The van der Waals surface area contributed by atoms with Gasteiger partial charge in [0.15, 0.2) is 0 Å². The molecule has 2 amide bonds. The second-order valence-corrected chi connectivity index (χ2v) is 13.8. The van der Waals surface area contributed by atoms with Crippen LogP contribution >= 0.6 is 26.9 Å². The topological polar surface area (TPSA) is 142 Å². The van der Waals surface area contributed by atoms with Gasteiger partial charge in [-0.05, 0) is 31.2 Å². The predicted octanol–water partition coefficient (Wildman–Crippen LogP) is 2.30. The fraction of sp³-hybridized carbons (Fsp3) is 0.826. The molecule has 38 heavy (non-hydrogen) atoms. The Hall–Kier alpha value is -0.270. The van der Waals surface area contributed by atoms with Gasteiger partial charge in [0.25, 0.3) is 0 Å². The van der Waals surface area contributed by atoms with Crippen molar-refractivity contribution in [2.45, 2.75) is 56.0 Å². The molecule has 0 aliphatic carbocycles. The Morgan fingerprint density at radius 2 is 1.79 bits per heavy atom. The van der Waals surface area contributed by atoms with Gasteiger partial charge in [-0.15, -0.1) is 11.8 Å². The van der Waals surface area contributed by atoms with Crippen LogP contribution < -0.4 is 0 Å². The number of hydrogen-bond donors (Lipinski definition) is 2. The second-order valence-electron chi connectivity index (χ2n) is 8.89. The highest BCUT2D eigenvalue weighted by molar-refractivity contribution is 8.00. The molecule has 2 N–H and O–H groups in total. The highest BCUT2D eigenvalue weighted by atomic mass is 32.2. The third-order valence-corrected chi connectivity index (χ3v) is 9.52. The first-order valence-electron chi connectivity index (χ1n) is 12.7. The Balaban J connectivity index is 1.54. The van der Waals surface area contributed by atoms with Crippen LogP contribution in [-0.4, -0.2) is 123 Å². The summed E-state index contributed by atoms with van der Waals surface area (Å²) in [7, 11) is -3.53. The fourth-order valence-corrected chi connectivity index (χ4v) is 6.61. The number of carbonyl (C=O) groups excluding carboxylic acids is 2. The van der Waals surface area contributed by atoms with Gasteiger partial charge in [0.2, 0.25) is 26.9 Å². The molecule has 2 rings (SSSR count). The van der Waals surface area contributed by atoms with E-state index in [9.17, 15) is 19.4 Å². The van der Waals surface area contributed by atoms with Crippen LogP contribution in [-0.2, 0) is 41.9 Å². The summed E-state index contributed by atoms with van der Waals surface area (Å²) in [6, 6.07) is 0. The van der Waals surface area contributed by atoms with Crippen molar-refractivity contribution in [3.63, 3.8) is 0 Å². The SMILES string of the molecule is C=P(O)(OC)OCC1OCCC1OP(=C)(O)OCCCCCCSC1CC(=O)N(CCOCCOC)C1=O. The number of hydrogen-bond acceptors (Lipinski definition) is 12. The average Bonchev–Trinajstić information content (AvgIpc) is 3.42. The number of carbonyl (C=O) groups is 2. The third kappa shape index (κ3) is 12.5. The van der Waals surface area contributed by atoms with Crippen LogP contribution in [0.15, 0.2) is 0 Å². The molecule has 5 atom stereocenters. The van der Waals surface area contributed by atoms with Gasteiger partial charge in [0.1, 0.15) is 6.10 Å². The molecule has 0 spiro atoms. The van der Waals surface area contributed by atoms with Gasteiger partial charge >= 0.3 is 0 Å². The number of unbranched alkanes of at least 4 members (excludes halogenated alkanes) is 3. The van der Waals surface area contributed by atoms with Gasteiger partial charge in [0.05, 0.1) is 50.9 Å². The maximum Gasteiger partial charge on any atom is 0.248 e. The molecule has 0 bridgehead atoms. The molecule has 2 saturated heterocycles. The summed E-state index contributed by atoms with van der Waals surface area (Å²) in [6.07, 6.45) is 10.5. The molecule has 5 unspecified atom stereocenters. The zero-order chi connectivity index (χ0) is 28.0. The molecule has 2 aliphatic rings. The zero-order valence-corrected chi connectivity index (χ0v) is 25.0. The zero-order valence-electron chi connectivity index (χ0n) is 22.4. The number of imide groups is 1. The summed E-state index contributed by atoms with van der Waals surface area (Å²) in [5.41, 5.74) is 0. The number of ether oxygens (including phenoxy) is 3. The van der Waals surface area contributed by atoms with Gasteiger partial charge in [-0.3, -0.25) is 14.5 Å². The predicted molar refractivity (Wildman–Crippen MR) is 149 cm³/mol. The van der Waals surface area contributed by atoms with Crippen LogP contribution in [0, 0.1) is 0 Å². The number of amides is 2. The molecular weight excluding hydrogens is 560 g/mol. The molecule has 15 heteroatoms. The van der Waals surface area contributed by atoms with Crippen LogP contribution in [0.2, 0.25) is 0 Å². The van der Waals surface area contributed by atoms with E-state index in [-0.39, 0.29) is 36.6 Å². The Morgan fingerprint density at radius 1 is 1.03 bits per heavy atom. The van der Waals surface area contributed by atoms with Crippen molar-refractivity contribution in [2.24, 2.45) is 0 Å². The number of likely N-dealkylation sites (tertiary alicyclic amines) is 1. The Labute approximate surface area is 230 Å². The van der Waals surface area contributed by atoms with Crippen molar-refractivity contribution in [1.82, 2.24) is 4.90 Å². The molecular formula is C23H43NO11P2S. The third-order valence-electron chi connectivity index (χ3n) is 5.92. The minimum atomic E-state index is -3.29. The van der Waals surface area contributed by atoms with Crippen molar-refractivity contribution in [2.75, 3.05) is 66.2 Å². The van der Waals surface area contributed by atoms with Gasteiger partial charge in [0, 0.05) is 33.7 Å². The first-order valence-corrected chi connectivity index (χ1v) is 17.3. The van der Waals surface area contributed by atoms with Crippen molar-refractivity contribution < 1.29 is 51.7 Å². The van der Waals surface area contributed by atoms with E-state index < -0.39 is 27.3 Å². The molecule has 2 aliphatic heterocycles. The summed E-state index contributed by atoms with van der Waals surface area (Å²) in [4.78, 5) is 46.2. The Kier molecular flexibility index (Phi) is 15.6. The molecule has 0 aromatic rings. The number of nitrogens with zero attached hydrogens (tertiary/aromatic N) is 1. The molecule has 12 nitrogen and oxygen atoms in total. The van der Waals surface area contributed by atoms with Crippen LogP contribution in [0.1, 0.15) is 38.5 Å². The van der Waals surface area contributed by atoms with E-state index >= 15 is 0 Å². The quantitative estimate of drug-likeness (QED) is 0.113. The molecule has 2 fully saturated rings. The van der Waals surface area contributed by atoms with Crippen molar-refractivity contribution >= 4 is 51.3 Å². The van der Waals surface area contributed by atoms with Crippen LogP contribution in [0.5, 0.6) is 0 Å². The highest BCUT2D eigenvalue weighted by Gasteiger charge is 2.38. The fourth-order valence-electron chi connectivity index (χ4n) is 3.80. The summed E-state index contributed by atoms with van der Waals surface area (Å²) < 4.78 is 37.1. The van der Waals surface area contributed by atoms with E-state index in [2.05, 4.69) is 12.6 Å². The second kappa shape index (κ2) is 17.5. The van der Waals surface area contributed by atoms with E-state index in [4.69, 9.17) is 32.3 Å². The summed E-state index contributed by atoms with van der Waals surface area (Å²) >= 11 is 1.52. The lowest BCUT2D eigenvalue weighted by atomic mass is 10.2.